The van der Waals surface area contributed by atoms with E-state index in [0.29, 0.717) is 6.54 Å². The second kappa shape index (κ2) is 6.22. The molecule has 1 atom stereocenters. The average molecular weight is 327 g/mol. The third kappa shape index (κ3) is 3.25. The Morgan fingerprint density at radius 1 is 1.39 bits per heavy atom. The minimum absolute atomic E-state index is 0.134. The Bertz CT molecular complexity index is 498. The van der Waals surface area contributed by atoms with Gasteiger partial charge in [-0.05, 0) is 46.3 Å². The Morgan fingerprint density at radius 3 is 2.61 bits per heavy atom. The topological polar surface area (TPSA) is 47.3 Å². The van der Waals surface area contributed by atoms with Crippen molar-refractivity contribution < 1.29 is 4.74 Å². The van der Waals surface area contributed by atoms with Crippen LogP contribution in [0.15, 0.2) is 40.2 Å². The Morgan fingerprint density at radius 2 is 2.11 bits per heavy atom. The largest absolute Gasteiger partial charge is 0.497 e. The van der Waals surface area contributed by atoms with Crippen LogP contribution >= 0.6 is 27.3 Å². The average Bonchev–Trinajstić information content (AvgIpc) is 2.83. The zero-order chi connectivity index (χ0) is 13.0. The summed E-state index contributed by atoms with van der Waals surface area (Å²) in [5, 5.41) is 5.48. The zero-order valence-electron chi connectivity index (χ0n) is 10.0. The maximum Gasteiger partial charge on any atom is 0.119 e. The first-order chi connectivity index (χ1) is 8.72. The summed E-state index contributed by atoms with van der Waals surface area (Å²) in [6.07, 6.45) is 0. The zero-order valence-corrected chi connectivity index (χ0v) is 12.4. The smallest absolute Gasteiger partial charge is 0.119 e. The maximum atomic E-state index is 5.82. The van der Waals surface area contributed by atoms with Crippen molar-refractivity contribution in [2.24, 2.45) is 5.73 Å². The number of benzene rings is 1. The number of thiophene rings is 1. The number of methoxy groups -OCH3 is 1. The van der Waals surface area contributed by atoms with Gasteiger partial charge in [-0.1, -0.05) is 0 Å². The lowest BCUT2D eigenvalue weighted by Gasteiger charge is -2.16. The molecule has 3 N–H and O–H groups in total. The molecule has 96 valence electrons. The van der Waals surface area contributed by atoms with E-state index >= 15 is 0 Å². The van der Waals surface area contributed by atoms with E-state index in [0.717, 1.165) is 15.9 Å². The number of hydrogen-bond acceptors (Lipinski definition) is 4. The molecule has 0 fully saturated rings. The SMILES string of the molecule is COc1ccc(NC(CN)c2cc(Br)cs2)cc1. The Kier molecular flexibility index (Phi) is 4.63. The van der Waals surface area contributed by atoms with Crippen LogP contribution in [0.25, 0.3) is 0 Å². The van der Waals surface area contributed by atoms with Crippen LogP contribution in [0.2, 0.25) is 0 Å². The van der Waals surface area contributed by atoms with Crippen molar-refractivity contribution in [2.75, 3.05) is 19.0 Å². The number of hydrogen-bond donors (Lipinski definition) is 2. The lowest BCUT2D eigenvalue weighted by molar-refractivity contribution is 0.415. The first-order valence-corrected chi connectivity index (χ1v) is 7.25. The molecule has 0 spiro atoms. The predicted octanol–water partition coefficient (Wildman–Crippen LogP) is 3.63. The molecule has 1 aromatic heterocycles. The molecule has 18 heavy (non-hydrogen) atoms. The molecule has 1 unspecified atom stereocenters. The molecule has 5 heteroatoms. The van der Waals surface area contributed by atoms with Gasteiger partial charge in [0.15, 0.2) is 0 Å². The minimum Gasteiger partial charge on any atom is -0.497 e. The summed E-state index contributed by atoms with van der Waals surface area (Å²) in [5.74, 6) is 0.851. The van der Waals surface area contributed by atoms with Gasteiger partial charge in [0.2, 0.25) is 0 Å². The third-order valence-electron chi connectivity index (χ3n) is 2.60. The highest BCUT2D eigenvalue weighted by atomic mass is 79.9. The highest BCUT2D eigenvalue weighted by molar-refractivity contribution is 9.10. The number of ether oxygens (including phenoxy) is 1. The molecule has 1 aromatic carbocycles. The van der Waals surface area contributed by atoms with Crippen LogP contribution in [-0.4, -0.2) is 13.7 Å². The summed E-state index contributed by atoms with van der Waals surface area (Å²) in [6, 6.07) is 10.1. The van der Waals surface area contributed by atoms with Gasteiger partial charge in [-0.3, -0.25) is 0 Å². The summed E-state index contributed by atoms with van der Waals surface area (Å²) in [7, 11) is 1.66. The fourth-order valence-corrected chi connectivity index (χ4v) is 3.16. The molecule has 3 nitrogen and oxygen atoms in total. The molecule has 0 aliphatic carbocycles. The van der Waals surface area contributed by atoms with Crippen LogP contribution in [0.1, 0.15) is 10.9 Å². The summed E-state index contributed by atoms with van der Waals surface area (Å²) in [5.41, 5.74) is 6.86. The van der Waals surface area contributed by atoms with Crippen molar-refractivity contribution >= 4 is 33.0 Å². The molecule has 0 radical (unpaired) electrons. The van der Waals surface area contributed by atoms with E-state index in [1.165, 1.54) is 4.88 Å². The predicted molar refractivity (Wildman–Crippen MR) is 80.4 cm³/mol. The summed E-state index contributed by atoms with van der Waals surface area (Å²) >= 11 is 5.15. The molecule has 0 saturated carbocycles. The highest BCUT2D eigenvalue weighted by Crippen LogP contribution is 2.28. The van der Waals surface area contributed by atoms with E-state index in [2.05, 4.69) is 32.7 Å². The molecule has 0 aliphatic rings. The molecule has 2 aromatic rings. The lowest BCUT2D eigenvalue weighted by atomic mass is 10.2. The van der Waals surface area contributed by atoms with Gasteiger partial charge in [0.1, 0.15) is 5.75 Å². The number of rotatable bonds is 5. The number of nitrogens with two attached hydrogens (primary N) is 1. The lowest BCUT2D eigenvalue weighted by Crippen LogP contribution is -2.19. The molecule has 1 heterocycles. The van der Waals surface area contributed by atoms with Gasteiger partial charge in [-0.15, -0.1) is 11.3 Å². The van der Waals surface area contributed by atoms with E-state index in [1.807, 2.05) is 24.3 Å². The molecule has 0 saturated heterocycles. The van der Waals surface area contributed by atoms with Gasteiger partial charge in [-0.25, -0.2) is 0 Å². The van der Waals surface area contributed by atoms with Crippen molar-refractivity contribution in [3.05, 3.63) is 45.1 Å². The van der Waals surface area contributed by atoms with E-state index in [-0.39, 0.29) is 6.04 Å². The van der Waals surface area contributed by atoms with Crippen molar-refractivity contribution in [1.29, 1.82) is 0 Å². The van der Waals surface area contributed by atoms with E-state index < -0.39 is 0 Å². The Balaban J connectivity index is 2.10. The third-order valence-corrected chi connectivity index (χ3v) is 4.41. The van der Waals surface area contributed by atoms with Crippen LogP contribution in [-0.2, 0) is 0 Å². The normalized spacial score (nSPS) is 12.2. The standard InChI is InChI=1S/C13H15BrN2OS/c1-17-11-4-2-10(3-5-11)16-12(7-15)13-6-9(14)8-18-13/h2-6,8,12,16H,7,15H2,1H3. The number of nitrogens with one attached hydrogen (secondary N) is 1. The summed E-state index contributed by atoms with van der Waals surface area (Å²) < 4.78 is 6.23. The molecular formula is C13H15BrN2OS. The monoisotopic (exact) mass is 326 g/mol. The Hall–Kier alpha value is -1.04. The van der Waals surface area contributed by atoms with Crippen LogP contribution in [0, 0.1) is 0 Å². The van der Waals surface area contributed by atoms with Crippen molar-refractivity contribution in [1.82, 2.24) is 0 Å². The molecule has 0 bridgehead atoms. The fourth-order valence-electron chi connectivity index (χ4n) is 1.65. The van der Waals surface area contributed by atoms with Gasteiger partial charge in [0, 0.05) is 27.0 Å². The maximum absolute atomic E-state index is 5.82. The fraction of sp³-hybridized carbons (Fsp3) is 0.231. The molecule has 0 amide bonds. The van der Waals surface area contributed by atoms with Crippen molar-refractivity contribution in [3.8, 4) is 5.75 Å². The molecule has 2 rings (SSSR count). The van der Waals surface area contributed by atoms with E-state index in [4.69, 9.17) is 10.5 Å². The van der Waals surface area contributed by atoms with Crippen LogP contribution in [0.5, 0.6) is 5.75 Å². The quantitative estimate of drug-likeness (QED) is 0.881. The van der Waals surface area contributed by atoms with Gasteiger partial charge in [0.25, 0.3) is 0 Å². The van der Waals surface area contributed by atoms with Gasteiger partial charge < -0.3 is 15.8 Å². The van der Waals surface area contributed by atoms with Crippen LogP contribution < -0.4 is 15.8 Å². The second-order valence-electron chi connectivity index (χ2n) is 3.83. The van der Waals surface area contributed by atoms with Crippen LogP contribution in [0.4, 0.5) is 5.69 Å². The summed E-state index contributed by atoms with van der Waals surface area (Å²) in [6.45, 7) is 0.555. The van der Waals surface area contributed by atoms with E-state index in [1.54, 1.807) is 18.4 Å². The van der Waals surface area contributed by atoms with Gasteiger partial charge in [-0.2, -0.15) is 0 Å². The van der Waals surface area contributed by atoms with Crippen molar-refractivity contribution in [2.45, 2.75) is 6.04 Å². The highest BCUT2D eigenvalue weighted by Gasteiger charge is 2.11. The Labute approximate surface area is 119 Å². The second-order valence-corrected chi connectivity index (χ2v) is 5.69. The number of anilines is 1. The van der Waals surface area contributed by atoms with Gasteiger partial charge in [0.05, 0.1) is 13.2 Å². The summed E-state index contributed by atoms with van der Waals surface area (Å²) in [4.78, 5) is 1.22. The number of halogens is 1. The first kappa shape index (κ1) is 13.4. The first-order valence-electron chi connectivity index (χ1n) is 5.57. The van der Waals surface area contributed by atoms with Crippen molar-refractivity contribution in [3.63, 3.8) is 0 Å². The molecular weight excluding hydrogens is 312 g/mol. The minimum atomic E-state index is 0.134. The van der Waals surface area contributed by atoms with Gasteiger partial charge >= 0.3 is 0 Å². The molecule has 0 aliphatic heterocycles. The van der Waals surface area contributed by atoms with E-state index in [9.17, 15) is 0 Å². The van der Waals surface area contributed by atoms with Crippen LogP contribution in [0.3, 0.4) is 0 Å².